The molecule has 0 radical (unpaired) electrons. The molecule has 6 nitrogen and oxygen atoms in total. The lowest BCUT2D eigenvalue weighted by atomic mass is 9.99. The van der Waals surface area contributed by atoms with Crippen molar-refractivity contribution in [2.75, 3.05) is 11.4 Å². The van der Waals surface area contributed by atoms with E-state index in [0.29, 0.717) is 30.1 Å². The van der Waals surface area contributed by atoms with Gasteiger partial charge in [-0.1, -0.05) is 23.4 Å². The zero-order valence-electron chi connectivity index (χ0n) is 10.9. The van der Waals surface area contributed by atoms with Gasteiger partial charge in [-0.3, -0.25) is 4.79 Å². The van der Waals surface area contributed by atoms with Crippen LogP contribution in [0.1, 0.15) is 28.2 Å². The Hall–Kier alpha value is -2.63. The lowest BCUT2D eigenvalue weighted by Gasteiger charge is -2.29. The highest BCUT2D eigenvalue weighted by Gasteiger charge is 2.29. The van der Waals surface area contributed by atoms with E-state index >= 15 is 0 Å². The van der Waals surface area contributed by atoms with Crippen molar-refractivity contribution in [1.82, 2.24) is 4.98 Å². The first-order valence-corrected chi connectivity index (χ1v) is 6.24. The summed E-state index contributed by atoms with van der Waals surface area (Å²) in [6.45, 7) is 2.17. The second kappa shape index (κ2) is 4.80. The zero-order valence-corrected chi connectivity index (χ0v) is 10.9. The van der Waals surface area contributed by atoms with Crippen LogP contribution in [0.3, 0.4) is 0 Å². The molecule has 1 aromatic heterocycles. The fraction of sp³-hybridized carbons (Fsp3) is 0.214. The highest BCUT2D eigenvalue weighted by atomic mass is 16.4. The first kappa shape index (κ1) is 12.4. The number of nitrogens with zero attached hydrogens (tertiary/aromatic N) is 3. The third-order valence-corrected chi connectivity index (χ3v) is 3.38. The van der Waals surface area contributed by atoms with Crippen molar-refractivity contribution in [2.24, 2.45) is 5.16 Å². The standard InChI is InChI=1S/C14H13N3O3/c1-9-13(20-8-15-9)14(18)17-7-6-11(16-19)10-4-2-3-5-12(10)17/h2-5,8,19H,6-7H2,1H3/b16-11-. The van der Waals surface area contributed by atoms with Gasteiger partial charge in [0.25, 0.3) is 5.91 Å². The van der Waals surface area contributed by atoms with E-state index in [0.717, 1.165) is 5.56 Å². The van der Waals surface area contributed by atoms with E-state index in [1.807, 2.05) is 24.3 Å². The normalized spacial score (nSPS) is 16.2. The number of fused-ring (bicyclic) bond motifs is 1. The molecular formula is C14H13N3O3. The van der Waals surface area contributed by atoms with Gasteiger partial charge in [0.15, 0.2) is 6.39 Å². The summed E-state index contributed by atoms with van der Waals surface area (Å²) in [5.41, 5.74) is 2.62. The van der Waals surface area contributed by atoms with Gasteiger partial charge in [0.05, 0.1) is 17.1 Å². The number of benzene rings is 1. The summed E-state index contributed by atoms with van der Waals surface area (Å²) >= 11 is 0. The average molecular weight is 271 g/mol. The molecule has 2 aromatic rings. The fourth-order valence-electron chi connectivity index (χ4n) is 2.37. The van der Waals surface area contributed by atoms with E-state index in [9.17, 15) is 4.79 Å². The van der Waals surface area contributed by atoms with Crippen LogP contribution >= 0.6 is 0 Å². The Bertz CT molecular complexity index is 690. The Morgan fingerprint density at radius 2 is 2.25 bits per heavy atom. The number of hydrogen-bond donors (Lipinski definition) is 1. The van der Waals surface area contributed by atoms with E-state index in [2.05, 4.69) is 10.1 Å². The van der Waals surface area contributed by atoms with E-state index in [-0.39, 0.29) is 11.7 Å². The van der Waals surface area contributed by atoms with E-state index in [1.54, 1.807) is 11.8 Å². The first-order valence-electron chi connectivity index (χ1n) is 6.24. The van der Waals surface area contributed by atoms with Gasteiger partial charge in [-0.15, -0.1) is 0 Å². The number of carbonyl (C=O) groups is 1. The van der Waals surface area contributed by atoms with Gasteiger partial charge < -0.3 is 14.5 Å². The van der Waals surface area contributed by atoms with E-state index in [1.165, 1.54) is 6.39 Å². The minimum atomic E-state index is -0.232. The summed E-state index contributed by atoms with van der Waals surface area (Å²) in [5.74, 6) is 0.00799. The number of rotatable bonds is 1. The molecule has 6 heteroatoms. The molecule has 0 saturated carbocycles. The highest BCUT2D eigenvalue weighted by molar-refractivity contribution is 6.14. The van der Waals surface area contributed by atoms with Gasteiger partial charge in [0, 0.05) is 18.5 Å². The molecule has 0 atom stereocenters. The van der Waals surface area contributed by atoms with Crippen LogP contribution in [-0.4, -0.2) is 28.4 Å². The Labute approximate surface area is 115 Å². The molecule has 0 fully saturated rings. The predicted molar refractivity (Wildman–Crippen MR) is 72.3 cm³/mol. The Balaban J connectivity index is 2.04. The summed E-state index contributed by atoms with van der Waals surface area (Å²) in [4.78, 5) is 18.1. The Morgan fingerprint density at radius 3 is 2.95 bits per heavy atom. The van der Waals surface area contributed by atoms with Crippen LogP contribution in [0.4, 0.5) is 5.69 Å². The molecule has 1 amide bonds. The number of anilines is 1. The maximum Gasteiger partial charge on any atom is 0.296 e. The fourth-order valence-corrected chi connectivity index (χ4v) is 2.37. The zero-order chi connectivity index (χ0) is 14.1. The quantitative estimate of drug-likeness (QED) is 0.637. The topological polar surface area (TPSA) is 78.9 Å². The second-order valence-corrected chi connectivity index (χ2v) is 4.54. The molecule has 2 heterocycles. The van der Waals surface area contributed by atoms with Crippen molar-refractivity contribution >= 4 is 17.3 Å². The van der Waals surface area contributed by atoms with Gasteiger partial charge >= 0.3 is 0 Å². The minimum Gasteiger partial charge on any atom is -0.438 e. The summed E-state index contributed by atoms with van der Waals surface area (Å²) in [5, 5.41) is 12.4. The summed E-state index contributed by atoms with van der Waals surface area (Å²) < 4.78 is 5.17. The van der Waals surface area contributed by atoms with Crippen molar-refractivity contribution in [2.45, 2.75) is 13.3 Å². The van der Waals surface area contributed by atoms with Gasteiger partial charge in [-0.05, 0) is 13.0 Å². The Morgan fingerprint density at radius 1 is 1.45 bits per heavy atom. The van der Waals surface area contributed by atoms with Gasteiger partial charge in [-0.25, -0.2) is 4.98 Å². The first-order chi connectivity index (χ1) is 9.72. The number of carbonyl (C=O) groups excluding carboxylic acids is 1. The van der Waals surface area contributed by atoms with Crippen LogP contribution in [0.25, 0.3) is 0 Å². The van der Waals surface area contributed by atoms with Gasteiger partial charge in [-0.2, -0.15) is 0 Å². The number of para-hydroxylation sites is 1. The minimum absolute atomic E-state index is 0.232. The predicted octanol–water partition coefficient (Wildman–Crippen LogP) is 2.21. The number of hydrogen-bond acceptors (Lipinski definition) is 5. The monoisotopic (exact) mass is 271 g/mol. The SMILES string of the molecule is Cc1ncoc1C(=O)N1CC/C(=N/O)c2ccccc21. The van der Waals surface area contributed by atoms with Crippen LogP contribution < -0.4 is 4.90 Å². The van der Waals surface area contributed by atoms with Crippen LogP contribution in [0.5, 0.6) is 0 Å². The molecule has 0 saturated heterocycles. The number of aryl methyl sites for hydroxylation is 1. The summed E-state index contributed by atoms with van der Waals surface area (Å²) in [6.07, 6.45) is 1.76. The smallest absolute Gasteiger partial charge is 0.296 e. The second-order valence-electron chi connectivity index (χ2n) is 4.54. The molecule has 1 aliphatic rings. The van der Waals surface area contributed by atoms with Crippen molar-refractivity contribution in [3.05, 3.63) is 47.7 Å². The molecule has 1 aliphatic heterocycles. The molecule has 102 valence electrons. The lowest BCUT2D eigenvalue weighted by molar-refractivity contribution is 0.0959. The number of oxazole rings is 1. The number of oxime groups is 1. The summed E-state index contributed by atoms with van der Waals surface area (Å²) in [7, 11) is 0. The van der Waals surface area contributed by atoms with Crippen molar-refractivity contribution in [3.8, 4) is 0 Å². The summed E-state index contributed by atoms with van der Waals surface area (Å²) in [6, 6.07) is 7.34. The maximum absolute atomic E-state index is 12.5. The van der Waals surface area contributed by atoms with Crippen molar-refractivity contribution in [1.29, 1.82) is 0 Å². The molecule has 0 aliphatic carbocycles. The molecule has 1 aromatic carbocycles. The Kier molecular flexibility index (Phi) is 2.98. The molecule has 0 unspecified atom stereocenters. The highest BCUT2D eigenvalue weighted by Crippen LogP contribution is 2.29. The van der Waals surface area contributed by atoms with Crippen molar-refractivity contribution < 1.29 is 14.4 Å². The van der Waals surface area contributed by atoms with Crippen LogP contribution in [-0.2, 0) is 0 Å². The molecule has 20 heavy (non-hydrogen) atoms. The van der Waals surface area contributed by atoms with Gasteiger partial charge in [0.2, 0.25) is 5.76 Å². The molecular weight excluding hydrogens is 258 g/mol. The third-order valence-electron chi connectivity index (χ3n) is 3.38. The van der Waals surface area contributed by atoms with Crippen LogP contribution in [0.15, 0.2) is 40.2 Å². The molecule has 1 N–H and O–H groups in total. The molecule has 3 rings (SSSR count). The van der Waals surface area contributed by atoms with E-state index in [4.69, 9.17) is 9.62 Å². The molecule has 0 spiro atoms. The average Bonchev–Trinajstić information content (AvgIpc) is 2.91. The maximum atomic E-state index is 12.5. The third kappa shape index (κ3) is 1.85. The van der Waals surface area contributed by atoms with Gasteiger partial charge in [0.1, 0.15) is 0 Å². The van der Waals surface area contributed by atoms with Crippen LogP contribution in [0, 0.1) is 6.92 Å². The number of amides is 1. The number of aromatic nitrogens is 1. The van der Waals surface area contributed by atoms with E-state index < -0.39 is 0 Å². The largest absolute Gasteiger partial charge is 0.438 e. The van der Waals surface area contributed by atoms with Crippen molar-refractivity contribution in [3.63, 3.8) is 0 Å². The lowest BCUT2D eigenvalue weighted by Crippen LogP contribution is -2.37. The van der Waals surface area contributed by atoms with Crippen LogP contribution in [0.2, 0.25) is 0 Å². The molecule has 0 bridgehead atoms.